The van der Waals surface area contributed by atoms with E-state index in [1.165, 1.54) is 11.4 Å². The molecule has 0 aliphatic carbocycles. The molecule has 0 saturated carbocycles. The number of hydrogen-bond donors (Lipinski definition) is 0. The van der Waals surface area contributed by atoms with Crippen molar-refractivity contribution in [3.05, 3.63) is 60.7 Å². The lowest BCUT2D eigenvalue weighted by atomic mass is 9.81. The van der Waals surface area contributed by atoms with Crippen molar-refractivity contribution >= 4 is 17.7 Å². The number of nitrogens with zero attached hydrogens (tertiary/aromatic N) is 2. The highest BCUT2D eigenvalue weighted by atomic mass is 35.5. The SMILES string of the molecule is CC1(C)N(c2ccccc2)C=[N+](c2ccccc2)C1(C)C.[Cl-]. The van der Waals surface area contributed by atoms with Crippen LogP contribution >= 0.6 is 0 Å². The van der Waals surface area contributed by atoms with Crippen molar-refractivity contribution in [2.24, 2.45) is 0 Å². The van der Waals surface area contributed by atoms with Gasteiger partial charge in [0, 0.05) is 0 Å². The third-order valence-corrected chi connectivity index (χ3v) is 5.00. The number of para-hydroxylation sites is 2. The van der Waals surface area contributed by atoms with Crippen molar-refractivity contribution < 1.29 is 17.0 Å². The summed E-state index contributed by atoms with van der Waals surface area (Å²) in [7, 11) is 0. The van der Waals surface area contributed by atoms with Crippen LogP contribution in [0.1, 0.15) is 27.7 Å². The van der Waals surface area contributed by atoms with Crippen molar-refractivity contribution in [2.45, 2.75) is 38.8 Å². The van der Waals surface area contributed by atoms with E-state index < -0.39 is 0 Å². The maximum Gasteiger partial charge on any atom is 0.245 e. The van der Waals surface area contributed by atoms with Gasteiger partial charge < -0.3 is 12.4 Å². The smallest absolute Gasteiger partial charge is 0.245 e. The molecule has 2 aromatic rings. The summed E-state index contributed by atoms with van der Waals surface area (Å²) in [6, 6.07) is 21.2. The van der Waals surface area contributed by atoms with Crippen LogP contribution in [0.4, 0.5) is 11.4 Å². The van der Waals surface area contributed by atoms with Crippen LogP contribution in [0.2, 0.25) is 0 Å². The van der Waals surface area contributed by atoms with E-state index in [1.54, 1.807) is 0 Å². The van der Waals surface area contributed by atoms with E-state index in [1.807, 2.05) is 0 Å². The normalized spacial score (nSPS) is 18.5. The minimum atomic E-state index is -0.00973. The maximum atomic E-state index is 2.38. The first kappa shape index (κ1) is 16.6. The van der Waals surface area contributed by atoms with E-state index in [4.69, 9.17) is 0 Å². The summed E-state index contributed by atoms with van der Waals surface area (Å²) < 4.78 is 2.38. The molecule has 0 amide bonds. The second-order valence-electron chi connectivity index (χ2n) is 6.64. The molecule has 0 saturated heterocycles. The molecule has 1 aliphatic heterocycles. The van der Waals surface area contributed by atoms with Gasteiger partial charge in [-0.1, -0.05) is 36.4 Å². The molecule has 3 heteroatoms. The van der Waals surface area contributed by atoms with Gasteiger partial charge in [0.25, 0.3) is 0 Å². The molecule has 0 bridgehead atoms. The van der Waals surface area contributed by atoms with Crippen molar-refractivity contribution in [3.8, 4) is 0 Å². The molecular weight excluding hydrogens is 292 g/mol. The van der Waals surface area contributed by atoms with E-state index in [2.05, 4.69) is 104 Å². The Morgan fingerprint density at radius 1 is 0.773 bits per heavy atom. The summed E-state index contributed by atoms with van der Waals surface area (Å²) in [6.45, 7) is 9.22. The molecule has 2 aromatic carbocycles. The maximum absolute atomic E-state index is 2.38. The Morgan fingerprint density at radius 2 is 1.27 bits per heavy atom. The first-order valence-corrected chi connectivity index (χ1v) is 7.48. The molecule has 3 rings (SSSR count). The minimum Gasteiger partial charge on any atom is -1.00 e. The number of rotatable bonds is 2. The van der Waals surface area contributed by atoms with Gasteiger partial charge in [-0.3, -0.25) is 0 Å². The topological polar surface area (TPSA) is 6.25 Å². The fraction of sp³-hybridized carbons (Fsp3) is 0.316. The lowest BCUT2D eigenvalue weighted by molar-refractivity contribution is -0.520. The zero-order valence-corrected chi connectivity index (χ0v) is 14.4. The largest absolute Gasteiger partial charge is 1.00 e. The summed E-state index contributed by atoms with van der Waals surface area (Å²) in [5.41, 5.74) is 2.44. The van der Waals surface area contributed by atoms with Crippen LogP contribution < -0.4 is 17.3 Å². The third kappa shape index (κ3) is 2.42. The highest BCUT2D eigenvalue weighted by molar-refractivity contribution is 5.81. The fourth-order valence-corrected chi connectivity index (χ4v) is 2.95. The molecule has 2 nitrogen and oxygen atoms in total. The Labute approximate surface area is 139 Å². The number of hydrogen-bond acceptors (Lipinski definition) is 1. The third-order valence-electron chi connectivity index (χ3n) is 5.00. The highest BCUT2D eigenvalue weighted by Gasteiger charge is 2.56. The van der Waals surface area contributed by atoms with Gasteiger partial charge in [0.2, 0.25) is 6.34 Å². The molecular formula is C19H23ClN2. The van der Waals surface area contributed by atoms with Gasteiger partial charge in [0.1, 0.15) is 22.5 Å². The number of halogens is 1. The molecule has 0 N–H and O–H groups in total. The average molecular weight is 315 g/mol. The Balaban J connectivity index is 0.00000176. The summed E-state index contributed by atoms with van der Waals surface area (Å²) in [4.78, 5) is 2.38. The molecule has 22 heavy (non-hydrogen) atoms. The van der Waals surface area contributed by atoms with E-state index in [0.29, 0.717) is 0 Å². The van der Waals surface area contributed by atoms with E-state index in [9.17, 15) is 0 Å². The Bertz CT molecular complexity index is 660. The van der Waals surface area contributed by atoms with Crippen LogP contribution in [0.5, 0.6) is 0 Å². The zero-order valence-electron chi connectivity index (χ0n) is 13.6. The molecule has 0 unspecified atom stereocenters. The highest BCUT2D eigenvalue weighted by Crippen LogP contribution is 2.40. The lowest BCUT2D eigenvalue weighted by Crippen LogP contribution is -3.00. The molecule has 0 spiro atoms. The van der Waals surface area contributed by atoms with Gasteiger partial charge >= 0.3 is 0 Å². The van der Waals surface area contributed by atoms with Gasteiger partial charge in [-0.2, -0.15) is 0 Å². The van der Waals surface area contributed by atoms with E-state index >= 15 is 0 Å². The van der Waals surface area contributed by atoms with Gasteiger partial charge in [-0.15, -0.1) is 0 Å². The Hall–Kier alpha value is -1.80. The minimum absolute atomic E-state index is 0. The quantitative estimate of drug-likeness (QED) is 0.760. The van der Waals surface area contributed by atoms with Crippen LogP contribution in [-0.2, 0) is 0 Å². The summed E-state index contributed by atoms with van der Waals surface area (Å²) in [5, 5.41) is 0. The van der Waals surface area contributed by atoms with Gasteiger partial charge in [0.05, 0.1) is 0 Å². The molecule has 0 fully saturated rings. The predicted octanol–water partition coefficient (Wildman–Crippen LogP) is 1.44. The summed E-state index contributed by atoms with van der Waals surface area (Å²) in [6.07, 6.45) is 2.24. The first-order valence-electron chi connectivity index (χ1n) is 7.48. The zero-order chi connectivity index (χ0) is 15.1. The van der Waals surface area contributed by atoms with E-state index in [0.717, 1.165) is 0 Å². The van der Waals surface area contributed by atoms with Gasteiger partial charge in [0.15, 0.2) is 0 Å². The molecule has 1 aliphatic rings. The molecule has 0 radical (unpaired) electrons. The number of benzene rings is 2. The van der Waals surface area contributed by atoms with Crippen LogP contribution in [0.15, 0.2) is 60.7 Å². The monoisotopic (exact) mass is 314 g/mol. The summed E-state index contributed by atoms with van der Waals surface area (Å²) in [5.74, 6) is 0. The average Bonchev–Trinajstić information content (AvgIpc) is 2.67. The molecule has 116 valence electrons. The standard InChI is InChI=1S/C19H23N2.ClH/c1-18(2)19(3,4)21(17-13-9-6-10-14-17)15-20(18)16-11-7-5-8-12-16;/h5-15H,1-4H3;1H/q+1;/p-1. The van der Waals surface area contributed by atoms with Gasteiger partial charge in [-0.05, 0) is 52.0 Å². The summed E-state index contributed by atoms with van der Waals surface area (Å²) >= 11 is 0. The van der Waals surface area contributed by atoms with Crippen LogP contribution in [0.25, 0.3) is 0 Å². The molecule has 1 heterocycles. The second-order valence-corrected chi connectivity index (χ2v) is 6.64. The Kier molecular flexibility index (Phi) is 4.35. The van der Waals surface area contributed by atoms with Crippen LogP contribution in [0, 0.1) is 0 Å². The molecule has 0 atom stereocenters. The van der Waals surface area contributed by atoms with Crippen molar-refractivity contribution in [1.82, 2.24) is 0 Å². The van der Waals surface area contributed by atoms with E-state index in [-0.39, 0.29) is 23.5 Å². The van der Waals surface area contributed by atoms with Crippen molar-refractivity contribution in [2.75, 3.05) is 4.90 Å². The fourth-order valence-electron chi connectivity index (χ4n) is 2.95. The lowest BCUT2D eigenvalue weighted by Gasteiger charge is -2.35. The first-order chi connectivity index (χ1) is 9.94. The van der Waals surface area contributed by atoms with Crippen LogP contribution in [-0.4, -0.2) is 22.0 Å². The Morgan fingerprint density at radius 3 is 1.82 bits per heavy atom. The number of anilines is 1. The van der Waals surface area contributed by atoms with Crippen LogP contribution in [0.3, 0.4) is 0 Å². The van der Waals surface area contributed by atoms with Gasteiger partial charge in [-0.25, -0.2) is 9.48 Å². The second kappa shape index (κ2) is 5.77. The molecule has 0 aromatic heterocycles. The van der Waals surface area contributed by atoms with Crippen molar-refractivity contribution in [3.63, 3.8) is 0 Å². The predicted molar refractivity (Wildman–Crippen MR) is 89.5 cm³/mol. The van der Waals surface area contributed by atoms with Crippen molar-refractivity contribution in [1.29, 1.82) is 0 Å².